The molecule has 0 fully saturated rings. The molecule has 0 aliphatic carbocycles. The Labute approximate surface area is 139 Å². The van der Waals surface area contributed by atoms with Gasteiger partial charge in [-0.1, -0.05) is 6.42 Å². The number of aromatic nitrogens is 1. The van der Waals surface area contributed by atoms with Gasteiger partial charge in [-0.3, -0.25) is 9.78 Å². The number of carbonyl (C=O) groups is 2. The third kappa shape index (κ3) is 3.44. The maximum absolute atomic E-state index is 12.1. The molecule has 0 spiro atoms. The van der Waals surface area contributed by atoms with E-state index in [-0.39, 0.29) is 17.5 Å². The summed E-state index contributed by atoms with van der Waals surface area (Å²) >= 11 is 0. The van der Waals surface area contributed by atoms with Crippen LogP contribution in [0.2, 0.25) is 0 Å². The van der Waals surface area contributed by atoms with Gasteiger partial charge in [-0.05, 0) is 48.7 Å². The van der Waals surface area contributed by atoms with Crippen molar-refractivity contribution in [2.45, 2.75) is 31.7 Å². The van der Waals surface area contributed by atoms with Gasteiger partial charge in [-0.25, -0.2) is 4.79 Å². The van der Waals surface area contributed by atoms with Crippen LogP contribution in [0.4, 0.5) is 5.69 Å². The summed E-state index contributed by atoms with van der Waals surface area (Å²) in [4.78, 5) is 27.7. The summed E-state index contributed by atoms with van der Waals surface area (Å²) in [5.41, 5.74) is 9.16. The largest absolute Gasteiger partial charge is 0.478 e. The molecule has 2 heterocycles. The summed E-state index contributed by atoms with van der Waals surface area (Å²) in [5.74, 6) is -1.09. The predicted molar refractivity (Wildman–Crippen MR) is 90.7 cm³/mol. The van der Waals surface area contributed by atoms with Gasteiger partial charge in [0.2, 0.25) is 5.91 Å². The Kier molecular flexibility index (Phi) is 4.57. The summed E-state index contributed by atoms with van der Waals surface area (Å²) < 4.78 is 0. The lowest BCUT2D eigenvalue weighted by Gasteiger charge is -2.17. The van der Waals surface area contributed by atoms with Crippen LogP contribution in [-0.4, -0.2) is 22.0 Å². The number of anilines is 1. The number of pyridine rings is 1. The molecule has 1 aromatic heterocycles. The van der Waals surface area contributed by atoms with Crippen LogP contribution in [0.15, 0.2) is 36.5 Å². The van der Waals surface area contributed by atoms with Crippen LogP contribution >= 0.6 is 0 Å². The number of nitrogens with one attached hydrogen (secondary N) is 1. The number of fused-ring (bicyclic) bond motifs is 4. The minimum Gasteiger partial charge on any atom is -0.478 e. The lowest BCUT2D eigenvalue weighted by molar-refractivity contribution is -0.116. The number of benzene rings is 1. The fourth-order valence-corrected chi connectivity index (χ4v) is 2.85. The third-order valence-electron chi connectivity index (χ3n) is 4.18. The van der Waals surface area contributed by atoms with E-state index >= 15 is 0 Å². The van der Waals surface area contributed by atoms with Crippen molar-refractivity contribution in [3.05, 3.63) is 47.8 Å². The van der Waals surface area contributed by atoms with Gasteiger partial charge in [0.1, 0.15) is 0 Å². The average Bonchev–Trinajstić information content (AvgIpc) is 2.58. The molecule has 124 valence electrons. The molecule has 3 rings (SSSR count). The molecule has 6 nitrogen and oxygen atoms in total. The van der Waals surface area contributed by atoms with Crippen LogP contribution in [0.25, 0.3) is 11.1 Å². The summed E-state index contributed by atoms with van der Waals surface area (Å²) in [6.45, 7) is 0. The molecule has 1 atom stereocenters. The predicted octanol–water partition coefficient (Wildman–Crippen LogP) is 2.96. The van der Waals surface area contributed by atoms with E-state index in [1.54, 1.807) is 24.4 Å². The molecule has 1 aliphatic rings. The van der Waals surface area contributed by atoms with Crippen molar-refractivity contribution in [2.24, 2.45) is 5.73 Å². The fraction of sp³-hybridized carbons (Fsp3) is 0.278. The number of carbonyl (C=O) groups excluding carboxylic acids is 1. The molecule has 0 unspecified atom stereocenters. The maximum atomic E-state index is 12.1. The van der Waals surface area contributed by atoms with Gasteiger partial charge in [0.25, 0.3) is 0 Å². The van der Waals surface area contributed by atoms with Crippen LogP contribution in [0.5, 0.6) is 0 Å². The van der Waals surface area contributed by atoms with Crippen molar-refractivity contribution < 1.29 is 14.7 Å². The Bertz CT molecular complexity index is 789. The molecule has 0 saturated heterocycles. The van der Waals surface area contributed by atoms with Crippen LogP contribution in [0, 0.1) is 0 Å². The van der Waals surface area contributed by atoms with Crippen molar-refractivity contribution in [1.29, 1.82) is 0 Å². The van der Waals surface area contributed by atoms with Crippen molar-refractivity contribution in [2.75, 3.05) is 5.32 Å². The normalized spacial score (nSPS) is 17.9. The smallest absolute Gasteiger partial charge is 0.335 e. The SMILES string of the molecule is N[C@H]1CCCCC(=O)Nc2ccc(C(=O)O)cc2-c2ccnc1c2. The van der Waals surface area contributed by atoms with Crippen LogP contribution in [0.3, 0.4) is 0 Å². The second-order valence-corrected chi connectivity index (χ2v) is 5.94. The Morgan fingerprint density at radius 2 is 2.08 bits per heavy atom. The van der Waals surface area contributed by atoms with Crippen molar-refractivity contribution in [3.8, 4) is 11.1 Å². The van der Waals surface area contributed by atoms with E-state index in [4.69, 9.17) is 5.73 Å². The highest BCUT2D eigenvalue weighted by Gasteiger charge is 2.16. The number of amides is 1. The molecule has 1 amide bonds. The molecule has 2 bridgehead atoms. The zero-order valence-electron chi connectivity index (χ0n) is 13.2. The van der Waals surface area contributed by atoms with E-state index < -0.39 is 5.97 Å². The quantitative estimate of drug-likeness (QED) is 0.747. The Balaban J connectivity index is 2.15. The number of aromatic carboxylic acids is 1. The monoisotopic (exact) mass is 325 g/mol. The number of carboxylic acid groups (broad SMARTS) is 1. The lowest BCUT2D eigenvalue weighted by Crippen LogP contribution is -2.15. The van der Waals surface area contributed by atoms with Crippen molar-refractivity contribution >= 4 is 17.6 Å². The van der Waals surface area contributed by atoms with Gasteiger partial charge in [0.05, 0.1) is 11.3 Å². The molecule has 24 heavy (non-hydrogen) atoms. The molecular formula is C18H19N3O3. The van der Waals surface area contributed by atoms with Crippen molar-refractivity contribution in [1.82, 2.24) is 4.98 Å². The minimum absolute atomic E-state index is 0.0808. The standard InChI is InChI=1S/C18H19N3O3/c19-14-3-1-2-4-17(22)21-15-6-5-12(18(23)24)9-13(15)11-7-8-20-16(14)10-11/h5-10,14H,1-4,19H2,(H,21,22)(H,23,24)/t14-/m0/s1. The number of rotatable bonds is 1. The molecule has 2 aromatic rings. The average molecular weight is 325 g/mol. The number of carboxylic acids is 1. The first-order chi connectivity index (χ1) is 11.5. The number of nitrogens with zero attached hydrogens (tertiary/aromatic N) is 1. The van der Waals surface area contributed by atoms with Gasteiger partial charge in [-0.2, -0.15) is 0 Å². The number of hydrogen-bond donors (Lipinski definition) is 3. The van der Waals surface area contributed by atoms with Crippen LogP contribution < -0.4 is 11.1 Å². The molecular weight excluding hydrogens is 306 g/mol. The minimum atomic E-state index is -1.01. The summed E-state index contributed by atoms with van der Waals surface area (Å²) in [6, 6.07) is 8.14. The van der Waals surface area contributed by atoms with Crippen LogP contribution in [-0.2, 0) is 4.79 Å². The van der Waals surface area contributed by atoms with Gasteiger partial charge in [-0.15, -0.1) is 0 Å². The maximum Gasteiger partial charge on any atom is 0.335 e. The molecule has 0 saturated carbocycles. The van der Waals surface area contributed by atoms with E-state index in [2.05, 4.69) is 10.3 Å². The van der Waals surface area contributed by atoms with E-state index in [0.717, 1.165) is 30.5 Å². The molecule has 1 aromatic carbocycles. The zero-order valence-corrected chi connectivity index (χ0v) is 13.2. The van der Waals surface area contributed by atoms with Crippen molar-refractivity contribution in [3.63, 3.8) is 0 Å². The fourth-order valence-electron chi connectivity index (χ4n) is 2.85. The number of nitrogens with two attached hydrogens (primary N) is 1. The summed E-state index contributed by atoms with van der Waals surface area (Å²) in [5, 5.41) is 12.1. The molecule has 4 N–H and O–H groups in total. The van der Waals surface area contributed by atoms with Crippen LogP contribution in [0.1, 0.15) is 47.8 Å². The molecule has 0 radical (unpaired) electrons. The van der Waals surface area contributed by atoms with Gasteiger partial charge < -0.3 is 16.2 Å². The molecule has 6 heteroatoms. The zero-order chi connectivity index (χ0) is 17.1. The van der Waals surface area contributed by atoms with E-state index in [9.17, 15) is 14.7 Å². The van der Waals surface area contributed by atoms with Gasteiger partial charge in [0, 0.05) is 29.9 Å². The number of hydrogen-bond acceptors (Lipinski definition) is 4. The second-order valence-electron chi connectivity index (χ2n) is 5.94. The highest BCUT2D eigenvalue weighted by atomic mass is 16.4. The molecule has 1 aliphatic heterocycles. The second kappa shape index (κ2) is 6.80. The Morgan fingerprint density at radius 1 is 1.25 bits per heavy atom. The third-order valence-corrected chi connectivity index (χ3v) is 4.18. The first-order valence-electron chi connectivity index (χ1n) is 7.93. The lowest BCUT2D eigenvalue weighted by atomic mass is 9.97. The first-order valence-corrected chi connectivity index (χ1v) is 7.93. The highest BCUT2D eigenvalue weighted by molar-refractivity contribution is 5.98. The Morgan fingerprint density at radius 3 is 2.88 bits per heavy atom. The first kappa shape index (κ1) is 16.1. The topological polar surface area (TPSA) is 105 Å². The highest BCUT2D eigenvalue weighted by Crippen LogP contribution is 2.31. The van der Waals surface area contributed by atoms with E-state index in [0.29, 0.717) is 17.7 Å². The van der Waals surface area contributed by atoms with E-state index in [1.165, 1.54) is 6.07 Å². The Hall–Kier alpha value is -2.73. The summed E-state index contributed by atoms with van der Waals surface area (Å²) in [7, 11) is 0. The van der Waals surface area contributed by atoms with Gasteiger partial charge in [0.15, 0.2) is 0 Å². The van der Waals surface area contributed by atoms with Gasteiger partial charge >= 0.3 is 5.97 Å². The summed E-state index contributed by atoms with van der Waals surface area (Å²) in [6.07, 6.45) is 4.43. The van der Waals surface area contributed by atoms with E-state index in [1.807, 2.05) is 6.07 Å².